The van der Waals surface area contributed by atoms with Crippen molar-refractivity contribution < 1.29 is 9.72 Å². The molecule has 1 N–H and O–H groups in total. The zero-order chi connectivity index (χ0) is 17.1. The lowest BCUT2D eigenvalue weighted by Crippen LogP contribution is -2.26. The highest BCUT2D eigenvalue weighted by Crippen LogP contribution is 2.24. The highest BCUT2D eigenvalue weighted by atomic mass is 16.6. The van der Waals surface area contributed by atoms with E-state index in [1.54, 1.807) is 6.07 Å². The summed E-state index contributed by atoms with van der Waals surface area (Å²) in [7, 11) is 0. The standard InChI is InChI=1S/C19H16N2O3/c1-13(17-11-5-7-14-6-2-3-10-18(14)17)20-19(22)15-8-4-9-16(12-15)21(23)24/h2-13H,1H3,(H,20,22). The first-order chi connectivity index (χ1) is 11.6. The molecule has 0 aromatic heterocycles. The summed E-state index contributed by atoms with van der Waals surface area (Å²) < 4.78 is 0. The first kappa shape index (κ1) is 15.7. The lowest BCUT2D eigenvalue weighted by Gasteiger charge is -2.16. The average molecular weight is 320 g/mol. The molecule has 5 heteroatoms. The number of hydrogen-bond acceptors (Lipinski definition) is 3. The number of benzene rings is 3. The van der Waals surface area contributed by atoms with Crippen molar-refractivity contribution in [1.29, 1.82) is 0 Å². The molecule has 0 spiro atoms. The number of nitro benzene ring substituents is 1. The third-order valence-corrected chi connectivity index (χ3v) is 3.96. The Hall–Kier alpha value is -3.21. The Kier molecular flexibility index (Phi) is 4.24. The largest absolute Gasteiger partial charge is 0.345 e. The average Bonchev–Trinajstić information content (AvgIpc) is 2.61. The molecule has 0 saturated carbocycles. The zero-order valence-electron chi connectivity index (χ0n) is 13.1. The van der Waals surface area contributed by atoms with E-state index in [2.05, 4.69) is 5.32 Å². The molecule has 0 aliphatic heterocycles. The minimum atomic E-state index is -0.509. The topological polar surface area (TPSA) is 72.2 Å². The molecular formula is C19H16N2O3. The highest BCUT2D eigenvalue weighted by molar-refractivity contribution is 5.95. The molecule has 0 saturated heterocycles. The lowest BCUT2D eigenvalue weighted by atomic mass is 9.99. The Labute approximate surface area is 139 Å². The third-order valence-electron chi connectivity index (χ3n) is 3.96. The summed E-state index contributed by atoms with van der Waals surface area (Å²) in [6.45, 7) is 1.90. The number of nitro groups is 1. The van der Waals surface area contributed by atoms with Crippen LogP contribution in [-0.4, -0.2) is 10.8 Å². The molecule has 120 valence electrons. The van der Waals surface area contributed by atoms with Gasteiger partial charge < -0.3 is 5.32 Å². The Balaban J connectivity index is 1.86. The van der Waals surface area contributed by atoms with Crippen LogP contribution in [0.3, 0.4) is 0 Å². The molecule has 0 aliphatic carbocycles. The molecule has 3 aromatic carbocycles. The van der Waals surface area contributed by atoms with Crippen LogP contribution in [0, 0.1) is 10.1 Å². The predicted molar refractivity (Wildman–Crippen MR) is 92.9 cm³/mol. The van der Waals surface area contributed by atoms with Crippen LogP contribution in [0.5, 0.6) is 0 Å². The van der Waals surface area contributed by atoms with Gasteiger partial charge in [-0.3, -0.25) is 14.9 Å². The van der Waals surface area contributed by atoms with Crippen molar-refractivity contribution in [1.82, 2.24) is 5.32 Å². The maximum absolute atomic E-state index is 12.4. The number of fused-ring (bicyclic) bond motifs is 1. The van der Waals surface area contributed by atoms with Gasteiger partial charge in [-0.15, -0.1) is 0 Å². The second-order valence-electron chi connectivity index (χ2n) is 5.57. The first-order valence-electron chi connectivity index (χ1n) is 7.59. The van der Waals surface area contributed by atoms with Gasteiger partial charge in [-0.25, -0.2) is 0 Å². The highest BCUT2D eigenvalue weighted by Gasteiger charge is 2.15. The fourth-order valence-electron chi connectivity index (χ4n) is 2.75. The molecule has 3 aromatic rings. The monoisotopic (exact) mass is 320 g/mol. The van der Waals surface area contributed by atoms with E-state index in [1.165, 1.54) is 18.2 Å². The smallest absolute Gasteiger partial charge is 0.270 e. The molecule has 3 rings (SSSR count). The Morgan fingerprint density at radius 1 is 1.04 bits per heavy atom. The van der Waals surface area contributed by atoms with Gasteiger partial charge in [0, 0.05) is 17.7 Å². The maximum Gasteiger partial charge on any atom is 0.270 e. The molecule has 0 aliphatic rings. The van der Waals surface area contributed by atoms with E-state index in [9.17, 15) is 14.9 Å². The van der Waals surface area contributed by atoms with E-state index in [4.69, 9.17) is 0 Å². The predicted octanol–water partition coefficient (Wildman–Crippen LogP) is 4.24. The minimum Gasteiger partial charge on any atom is -0.345 e. The molecule has 0 bridgehead atoms. The van der Waals surface area contributed by atoms with Gasteiger partial charge in [0.25, 0.3) is 11.6 Å². The van der Waals surface area contributed by atoms with Crippen LogP contribution in [0.1, 0.15) is 28.9 Å². The van der Waals surface area contributed by atoms with Crippen molar-refractivity contribution in [3.63, 3.8) is 0 Å². The van der Waals surface area contributed by atoms with Gasteiger partial charge in [-0.2, -0.15) is 0 Å². The number of amides is 1. The summed E-state index contributed by atoms with van der Waals surface area (Å²) in [6, 6.07) is 19.4. The van der Waals surface area contributed by atoms with Crippen LogP contribution in [0.4, 0.5) is 5.69 Å². The number of non-ortho nitro benzene ring substituents is 1. The number of carbonyl (C=O) groups excluding carboxylic acids is 1. The number of nitrogens with one attached hydrogen (secondary N) is 1. The molecule has 1 amide bonds. The molecule has 24 heavy (non-hydrogen) atoms. The summed E-state index contributed by atoms with van der Waals surface area (Å²) in [5.41, 5.74) is 1.18. The van der Waals surface area contributed by atoms with E-state index in [0.29, 0.717) is 0 Å². The van der Waals surface area contributed by atoms with Gasteiger partial charge in [-0.1, -0.05) is 48.5 Å². The number of hydrogen-bond donors (Lipinski definition) is 1. The van der Waals surface area contributed by atoms with E-state index in [0.717, 1.165) is 16.3 Å². The second kappa shape index (κ2) is 6.50. The van der Waals surface area contributed by atoms with Gasteiger partial charge in [0.2, 0.25) is 0 Å². The van der Waals surface area contributed by atoms with Crippen molar-refractivity contribution in [2.75, 3.05) is 0 Å². The van der Waals surface area contributed by atoms with Gasteiger partial charge in [0.15, 0.2) is 0 Å². The Morgan fingerprint density at radius 2 is 1.75 bits per heavy atom. The molecule has 0 fully saturated rings. The van der Waals surface area contributed by atoms with Crippen LogP contribution < -0.4 is 5.32 Å². The molecule has 0 radical (unpaired) electrons. The summed E-state index contributed by atoms with van der Waals surface area (Å²) in [6.07, 6.45) is 0. The van der Waals surface area contributed by atoms with Crippen LogP contribution in [0.15, 0.2) is 66.7 Å². The van der Waals surface area contributed by atoms with Crippen molar-refractivity contribution in [2.45, 2.75) is 13.0 Å². The minimum absolute atomic E-state index is 0.0968. The summed E-state index contributed by atoms with van der Waals surface area (Å²) in [5.74, 6) is -0.334. The van der Waals surface area contributed by atoms with E-state index in [1.807, 2.05) is 49.4 Å². The normalized spacial score (nSPS) is 11.9. The van der Waals surface area contributed by atoms with Crippen LogP contribution >= 0.6 is 0 Å². The van der Waals surface area contributed by atoms with Gasteiger partial charge >= 0.3 is 0 Å². The number of nitrogens with zero attached hydrogens (tertiary/aromatic N) is 1. The quantitative estimate of drug-likeness (QED) is 0.577. The van der Waals surface area contributed by atoms with Crippen molar-refractivity contribution in [2.24, 2.45) is 0 Å². The maximum atomic E-state index is 12.4. The SMILES string of the molecule is CC(NC(=O)c1cccc([N+](=O)[O-])c1)c1cccc2ccccc12. The van der Waals surface area contributed by atoms with E-state index < -0.39 is 4.92 Å². The summed E-state index contributed by atoms with van der Waals surface area (Å²) in [4.78, 5) is 22.7. The fraction of sp³-hybridized carbons (Fsp3) is 0.105. The summed E-state index contributed by atoms with van der Waals surface area (Å²) in [5, 5.41) is 15.9. The van der Waals surface area contributed by atoms with Crippen molar-refractivity contribution >= 4 is 22.4 Å². The zero-order valence-corrected chi connectivity index (χ0v) is 13.1. The second-order valence-corrected chi connectivity index (χ2v) is 5.57. The van der Waals surface area contributed by atoms with E-state index >= 15 is 0 Å². The number of rotatable bonds is 4. The lowest BCUT2D eigenvalue weighted by molar-refractivity contribution is -0.384. The summed E-state index contributed by atoms with van der Waals surface area (Å²) >= 11 is 0. The molecule has 1 atom stereocenters. The van der Waals surface area contributed by atoms with Gasteiger partial charge in [-0.05, 0) is 29.3 Å². The van der Waals surface area contributed by atoms with E-state index in [-0.39, 0.29) is 23.2 Å². The van der Waals surface area contributed by atoms with Crippen LogP contribution in [0.2, 0.25) is 0 Å². The Morgan fingerprint density at radius 3 is 2.54 bits per heavy atom. The first-order valence-corrected chi connectivity index (χ1v) is 7.59. The molecule has 0 heterocycles. The van der Waals surface area contributed by atoms with Crippen LogP contribution in [-0.2, 0) is 0 Å². The number of carbonyl (C=O) groups is 1. The molecule has 1 unspecified atom stereocenters. The fourth-order valence-corrected chi connectivity index (χ4v) is 2.75. The van der Waals surface area contributed by atoms with Crippen LogP contribution in [0.25, 0.3) is 10.8 Å². The van der Waals surface area contributed by atoms with Gasteiger partial charge in [0.1, 0.15) is 0 Å². The molecular weight excluding hydrogens is 304 g/mol. The third kappa shape index (κ3) is 3.10. The Bertz CT molecular complexity index is 916. The van der Waals surface area contributed by atoms with Crippen molar-refractivity contribution in [3.8, 4) is 0 Å². The molecule has 5 nitrogen and oxygen atoms in total. The van der Waals surface area contributed by atoms with Crippen molar-refractivity contribution in [3.05, 3.63) is 88.0 Å². The van der Waals surface area contributed by atoms with Gasteiger partial charge in [0.05, 0.1) is 11.0 Å².